The van der Waals surface area contributed by atoms with Crippen LogP contribution in [0.2, 0.25) is 0 Å². The van der Waals surface area contributed by atoms with Gasteiger partial charge in [0.15, 0.2) is 11.6 Å². The first kappa shape index (κ1) is 22.7. The van der Waals surface area contributed by atoms with E-state index in [9.17, 15) is 13.2 Å². The van der Waals surface area contributed by atoms with Gasteiger partial charge >= 0.3 is 0 Å². The number of hydrogen-bond donors (Lipinski definition) is 0. The molecule has 0 spiro atoms. The summed E-state index contributed by atoms with van der Waals surface area (Å²) in [4.78, 5) is 0. The first-order valence-corrected chi connectivity index (χ1v) is 10.6. The molecule has 0 aliphatic rings. The lowest BCUT2D eigenvalue weighted by Crippen LogP contribution is -2.00. The maximum atomic E-state index is 14.4. The normalized spacial score (nSPS) is 10.9. The zero-order valence-electron chi connectivity index (χ0n) is 17.9. The van der Waals surface area contributed by atoms with E-state index < -0.39 is 11.6 Å². The summed E-state index contributed by atoms with van der Waals surface area (Å²) in [6.07, 6.45) is 4.19. The van der Waals surface area contributed by atoms with Gasteiger partial charge in [-0.05, 0) is 61.2 Å². The first-order chi connectivity index (χ1) is 15.0. The molecule has 0 radical (unpaired) electrons. The van der Waals surface area contributed by atoms with Crippen LogP contribution in [0.4, 0.5) is 13.2 Å². The van der Waals surface area contributed by atoms with Gasteiger partial charge < -0.3 is 9.47 Å². The molecule has 31 heavy (non-hydrogen) atoms. The summed E-state index contributed by atoms with van der Waals surface area (Å²) < 4.78 is 53.6. The van der Waals surface area contributed by atoms with Crippen LogP contribution in [0, 0.1) is 17.5 Å². The molecule has 0 aromatic heterocycles. The van der Waals surface area contributed by atoms with Crippen LogP contribution < -0.4 is 9.47 Å². The van der Waals surface area contributed by atoms with Gasteiger partial charge in [-0.15, -0.1) is 0 Å². The standard InChI is InChI=1S/C26H27F3O2/c1-3-5-6-7-18-8-9-20(23(27)16-18)17-31-21-12-10-19(11-13-21)22-14-15-24(30-4-2)26(29)25(22)28/h8-16H,3-7,17H2,1-2H3. The second-order valence-corrected chi connectivity index (χ2v) is 7.37. The van der Waals surface area contributed by atoms with E-state index in [-0.39, 0.29) is 30.3 Å². The Balaban J connectivity index is 1.64. The third kappa shape index (κ3) is 5.81. The fourth-order valence-electron chi connectivity index (χ4n) is 3.36. The summed E-state index contributed by atoms with van der Waals surface area (Å²) in [7, 11) is 0. The van der Waals surface area contributed by atoms with E-state index in [1.54, 1.807) is 43.3 Å². The molecule has 3 aromatic carbocycles. The first-order valence-electron chi connectivity index (χ1n) is 10.6. The minimum atomic E-state index is -1.01. The number of rotatable bonds is 10. The van der Waals surface area contributed by atoms with Crippen LogP contribution in [-0.4, -0.2) is 6.61 Å². The van der Waals surface area contributed by atoms with Gasteiger partial charge in [-0.2, -0.15) is 4.39 Å². The smallest absolute Gasteiger partial charge is 0.201 e. The molecule has 3 aromatic rings. The van der Waals surface area contributed by atoms with Crippen molar-refractivity contribution in [3.8, 4) is 22.6 Å². The maximum absolute atomic E-state index is 14.4. The molecular formula is C26H27F3O2. The zero-order chi connectivity index (χ0) is 22.2. The number of benzene rings is 3. The van der Waals surface area contributed by atoms with Crippen LogP contribution in [0.15, 0.2) is 54.6 Å². The van der Waals surface area contributed by atoms with Crippen molar-refractivity contribution < 1.29 is 22.6 Å². The Kier molecular flexibility index (Phi) is 7.99. The highest BCUT2D eigenvalue weighted by Gasteiger charge is 2.15. The monoisotopic (exact) mass is 428 g/mol. The van der Waals surface area contributed by atoms with Gasteiger partial charge in [-0.1, -0.05) is 44.0 Å². The molecular weight excluding hydrogens is 401 g/mol. The largest absolute Gasteiger partial charge is 0.491 e. The summed E-state index contributed by atoms with van der Waals surface area (Å²) in [5.74, 6) is -1.84. The van der Waals surface area contributed by atoms with E-state index in [0.717, 1.165) is 31.2 Å². The van der Waals surface area contributed by atoms with Gasteiger partial charge in [0.05, 0.1) is 6.61 Å². The summed E-state index contributed by atoms with van der Waals surface area (Å²) in [5.41, 5.74) is 2.11. The summed E-state index contributed by atoms with van der Waals surface area (Å²) >= 11 is 0. The van der Waals surface area contributed by atoms with Crippen LogP contribution in [0.1, 0.15) is 44.2 Å². The molecule has 0 amide bonds. The fourth-order valence-corrected chi connectivity index (χ4v) is 3.36. The Bertz CT molecular complexity index is 1000. The second-order valence-electron chi connectivity index (χ2n) is 7.37. The zero-order valence-corrected chi connectivity index (χ0v) is 17.9. The van der Waals surface area contributed by atoms with Crippen molar-refractivity contribution in [1.29, 1.82) is 0 Å². The molecule has 0 aliphatic heterocycles. The molecule has 0 bridgehead atoms. The highest BCUT2D eigenvalue weighted by atomic mass is 19.2. The van der Waals surface area contributed by atoms with Crippen molar-refractivity contribution in [1.82, 2.24) is 0 Å². The van der Waals surface area contributed by atoms with E-state index in [1.165, 1.54) is 12.1 Å². The van der Waals surface area contributed by atoms with Crippen molar-refractivity contribution in [3.05, 3.63) is 83.2 Å². The van der Waals surface area contributed by atoms with Gasteiger partial charge in [0.2, 0.25) is 5.82 Å². The molecule has 0 saturated carbocycles. The molecule has 0 unspecified atom stereocenters. The van der Waals surface area contributed by atoms with Crippen molar-refractivity contribution in [2.24, 2.45) is 0 Å². The predicted molar refractivity (Wildman–Crippen MR) is 117 cm³/mol. The molecule has 0 saturated heterocycles. The summed E-state index contributed by atoms with van der Waals surface area (Å²) in [6, 6.07) is 14.7. The average molecular weight is 428 g/mol. The minimum absolute atomic E-state index is 0.0897. The van der Waals surface area contributed by atoms with Crippen molar-refractivity contribution >= 4 is 0 Å². The summed E-state index contributed by atoms with van der Waals surface area (Å²) in [5, 5.41) is 0. The van der Waals surface area contributed by atoms with E-state index in [0.29, 0.717) is 16.9 Å². The lowest BCUT2D eigenvalue weighted by Gasteiger charge is -2.11. The molecule has 0 atom stereocenters. The SMILES string of the molecule is CCCCCc1ccc(COc2ccc(-c3ccc(OCC)c(F)c3F)cc2)c(F)c1. The average Bonchev–Trinajstić information content (AvgIpc) is 2.77. The highest BCUT2D eigenvalue weighted by Crippen LogP contribution is 2.31. The number of ether oxygens (including phenoxy) is 2. The second kappa shape index (κ2) is 10.9. The summed E-state index contributed by atoms with van der Waals surface area (Å²) in [6.45, 7) is 4.19. The molecule has 2 nitrogen and oxygen atoms in total. The third-order valence-corrected chi connectivity index (χ3v) is 5.09. The Morgan fingerprint density at radius 1 is 0.774 bits per heavy atom. The Morgan fingerprint density at radius 2 is 1.55 bits per heavy atom. The Morgan fingerprint density at radius 3 is 2.23 bits per heavy atom. The number of unbranched alkanes of at least 4 members (excludes halogenated alkanes) is 2. The number of hydrogen-bond acceptors (Lipinski definition) is 2. The van der Waals surface area contributed by atoms with Crippen LogP contribution in [0.3, 0.4) is 0 Å². The number of aryl methyl sites for hydroxylation is 1. The van der Waals surface area contributed by atoms with Gasteiger partial charge in [-0.25, -0.2) is 8.78 Å². The molecule has 0 N–H and O–H groups in total. The van der Waals surface area contributed by atoms with Gasteiger partial charge in [0.1, 0.15) is 18.2 Å². The highest BCUT2D eigenvalue weighted by molar-refractivity contribution is 5.66. The Labute approximate surface area is 181 Å². The quantitative estimate of drug-likeness (QED) is 0.312. The maximum Gasteiger partial charge on any atom is 0.201 e. The van der Waals surface area contributed by atoms with Crippen molar-refractivity contribution in [2.45, 2.75) is 46.1 Å². The van der Waals surface area contributed by atoms with Gasteiger partial charge in [0.25, 0.3) is 0 Å². The molecule has 0 aliphatic carbocycles. The van der Waals surface area contributed by atoms with Crippen LogP contribution in [-0.2, 0) is 13.0 Å². The van der Waals surface area contributed by atoms with Crippen molar-refractivity contribution in [3.63, 3.8) is 0 Å². The minimum Gasteiger partial charge on any atom is -0.491 e. The van der Waals surface area contributed by atoms with E-state index >= 15 is 0 Å². The van der Waals surface area contributed by atoms with Gasteiger partial charge in [0, 0.05) is 11.1 Å². The van der Waals surface area contributed by atoms with E-state index in [1.807, 2.05) is 6.07 Å². The third-order valence-electron chi connectivity index (χ3n) is 5.09. The van der Waals surface area contributed by atoms with E-state index in [4.69, 9.17) is 9.47 Å². The molecule has 5 heteroatoms. The van der Waals surface area contributed by atoms with E-state index in [2.05, 4.69) is 6.92 Å². The van der Waals surface area contributed by atoms with Crippen LogP contribution in [0.5, 0.6) is 11.5 Å². The van der Waals surface area contributed by atoms with Gasteiger partial charge in [-0.3, -0.25) is 0 Å². The van der Waals surface area contributed by atoms with Crippen molar-refractivity contribution in [2.75, 3.05) is 6.61 Å². The number of halogens is 3. The topological polar surface area (TPSA) is 18.5 Å². The molecule has 3 rings (SSSR count). The fraction of sp³-hybridized carbons (Fsp3) is 0.308. The Hall–Kier alpha value is -2.95. The molecule has 0 heterocycles. The molecule has 164 valence electrons. The molecule has 0 fully saturated rings. The van der Waals surface area contributed by atoms with Crippen LogP contribution in [0.25, 0.3) is 11.1 Å². The lowest BCUT2D eigenvalue weighted by atomic mass is 10.0. The lowest BCUT2D eigenvalue weighted by molar-refractivity contribution is 0.300. The predicted octanol–water partition coefficient (Wildman–Crippen LogP) is 7.48. The van der Waals surface area contributed by atoms with Crippen LogP contribution >= 0.6 is 0 Å².